The van der Waals surface area contributed by atoms with Crippen LogP contribution in [0.5, 0.6) is 0 Å². The molecule has 0 bridgehead atoms. The molecule has 1 N–H and O–H groups in total. The number of nitrogens with one attached hydrogen (secondary N) is 1. The molecule has 2 aromatic carbocycles. The molecule has 0 radical (unpaired) electrons. The van der Waals surface area contributed by atoms with E-state index < -0.39 is 4.92 Å². The fourth-order valence-corrected chi connectivity index (χ4v) is 2.32. The lowest BCUT2D eigenvalue weighted by molar-refractivity contribution is -0.384. The van der Waals surface area contributed by atoms with Crippen LogP contribution >= 0.6 is 39.1 Å². The second kappa shape index (κ2) is 6.43. The van der Waals surface area contributed by atoms with E-state index in [0.29, 0.717) is 22.3 Å². The molecule has 7 heteroatoms. The second-order valence-electron chi connectivity index (χ2n) is 4.02. The van der Waals surface area contributed by atoms with Gasteiger partial charge < -0.3 is 5.32 Å². The zero-order valence-corrected chi connectivity index (χ0v) is 13.2. The molecule has 0 fully saturated rings. The first-order valence-electron chi connectivity index (χ1n) is 5.59. The van der Waals surface area contributed by atoms with Gasteiger partial charge in [0.2, 0.25) is 0 Å². The van der Waals surface area contributed by atoms with Crippen molar-refractivity contribution in [1.29, 1.82) is 0 Å². The molecule has 0 aliphatic carbocycles. The summed E-state index contributed by atoms with van der Waals surface area (Å²) in [6.07, 6.45) is 0. The van der Waals surface area contributed by atoms with Crippen molar-refractivity contribution in [3.63, 3.8) is 0 Å². The molecule has 4 nitrogen and oxygen atoms in total. The van der Waals surface area contributed by atoms with Crippen LogP contribution in [0, 0.1) is 10.1 Å². The van der Waals surface area contributed by atoms with Crippen molar-refractivity contribution in [2.45, 2.75) is 6.54 Å². The van der Waals surface area contributed by atoms with Crippen molar-refractivity contribution in [3.05, 3.63) is 66.6 Å². The summed E-state index contributed by atoms with van der Waals surface area (Å²) in [7, 11) is 0. The SMILES string of the molecule is O=[N+]([O-])c1ccc(Br)c(NCc2ccc(Cl)c(Cl)c2)c1. The standard InChI is InChI=1S/C13H9BrCl2N2O2/c14-10-3-2-9(18(19)20)6-13(10)17-7-8-1-4-11(15)12(16)5-8/h1-6,17H,7H2. The lowest BCUT2D eigenvalue weighted by atomic mass is 10.2. The average molecular weight is 376 g/mol. The van der Waals surface area contributed by atoms with Crippen LogP contribution in [-0.4, -0.2) is 4.92 Å². The fraction of sp³-hybridized carbons (Fsp3) is 0.0769. The Morgan fingerprint density at radius 2 is 1.90 bits per heavy atom. The molecule has 0 spiro atoms. The van der Waals surface area contributed by atoms with Crippen molar-refractivity contribution in [1.82, 2.24) is 0 Å². The summed E-state index contributed by atoms with van der Waals surface area (Å²) in [4.78, 5) is 10.3. The zero-order chi connectivity index (χ0) is 14.7. The zero-order valence-electron chi connectivity index (χ0n) is 10.1. The molecule has 0 amide bonds. The first-order valence-corrected chi connectivity index (χ1v) is 7.14. The molecule has 0 atom stereocenters. The molecule has 0 aromatic heterocycles. The molecular formula is C13H9BrCl2N2O2. The summed E-state index contributed by atoms with van der Waals surface area (Å²) in [6, 6.07) is 9.85. The van der Waals surface area contributed by atoms with Gasteiger partial charge in [-0.1, -0.05) is 29.3 Å². The third kappa shape index (κ3) is 3.62. The minimum absolute atomic E-state index is 0.0323. The maximum Gasteiger partial charge on any atom is 0.271 e. The molecule has 2 aromatic rings. The van der Waals surface area contributed by atoms with Gasteiger partial charge in [-0.25, -0.2) is 0 Å². The monoisotopic (exact) mass is 374 g/mol. The molecule has 2 rings (SSSR count). The molecule has 104 valence electrons. The normalized spacial score (nSPS) is 10.3. The van der Waals surface area contributed by atoms with Crippen LogP contribution < -0.4 is 5.32 Å². The topological polar surface area (TPSA) is 55.2 Å². The van der Waals surface area contributed by atoms with Crippen LogP contribution in [0.25, 0.3) is 0 Å². The Morgan fingerprint density at radius 1 is 1.15 bits per heavy atom. The molecule has 20 heavy (non-hydrogen) atoms. The van der Waals surface area contributed by atoms with Crippen molar-refractivity contribution in [2.24, 2.45) is 0 Å². The number of nitro groups is 1. The largest absolute Gasteiger partial charge is 0.380 e. The van der Waals surface area contributed by atoms with E-state index in [1.807, 2.05) is 6.07 Å². The summed E-state index contributed by atoms with van der Waals surface area (Å²) < 4.78 is 0.753. The van der Waals surface area contributed by atoms with Crippen molar-refractivity contribution in [3.8, 4) is 0 Å². The van der Waals surface area contributed by atoms with Crippen molar-refractivity contribution < 1.29 is 4.92 Å². The molecular weight excluding hydrogens is 367 g/mol. The maximum absolute atomic E-state index is 10.8. The van der Waals surface area contributed by atoms with Crippen LogP contribution in [-0.2, 0) is 6.54 Å². The van der Waals surface area contributed by atoms with E-state index in [1.165, 1.54) is 12.1 Å². The smallest absolute Gasteiger partial charge is 0.271 e. The highest BCUT2D eigenvalue weighted by Crippen LogP contribution is 2.28. The number of benzene rings is 2. The summed E-state index contributed by atoms with van der Waals surface area (Å²) in [5.74, 6) is 0. The van der Waals surface area contributed by atoms with Crippen LogP contribution in [0.2, 0.25) is 10.0 Å². The Morgan fingerprint density at radius 3 is 2.55 bits per heavy atom. The molecule has 0 heterocycles. The van der Waals surface area contributed by atoms with E-state index >= 15 is 0 Å². The number of rotatable bonds is 4. The van der Waals surface area contributed by atoms with Crippen LogP contribution in [0.1, 0.15) is 5.56 Å². The minimum Gasteiger partial charge on any atom is -0.380 e. The quantitative estimate of drug-likeness (QED) is 0.584. The lowest BCUT2D eigenvalue weighted by Gasteiger charge is -2.09. The second-order valence-corrected chi connectivity index (χ2v) is 5.69. The van der Waals surface area contributed by atoms with Crippen LogP contribution in [0.15, 0.2) is 40.9 Å². The summed E-state index contributed by atoms with van der Waals surface area (Å²) in [5.41, 5.74) is 1.60. The van der Waals surface area contributed by atoms with Gasteiger partial charge in [-0.2, -0.15) is 0 Å². The van der Waals surface area contributed by atoms with Gasteiger partial charge in [0, 0.05) is 23.2 Å². The highest BCUT2D eigenvalue weighted by molar-refractivity contribution is 9.10. The fourth-order valence-electron chi connectivity index (χ4n) is 1.61. The summed E-state index contributed by atoms with van der Waals surface area (Å²) in [5, 5.41) is 14.8. The van der Waals surface area contributed by atoms with Gasteiger partial charge >= 0.3 is 0 Å². The van der Waals surface area contributed by atoms with Crippen LogP contribution in [0.3, 0.4) is 0 Å². The lowest BCUT2D eigenvalue weighted by Crippen LogP contribution is -2.01. The van der Waals surface area contributed by atoms with Gasteiger partial charge in [-0.3, -0.25) is 10.1 Å². The average Bonchev–Trinajstić information content (AvgIpc) is 2.41. The minimum atomic E-state index is -0.434. The highest BCUT2D eigenvalue weighted by Gasteiger charge is 2.09. The molecule has 0 saturated heterocycles. The Labute approximate surface area is 134 Å². The van der Waals surface area contributed by atoms with Gasteiger partial charge in [-0.15, -0.1) is 0 Å². The van der Waals surface area contributed by atoms with E-state index in [-0.39, 0.29) is 5.69 Å². The Hall–Kier alpha value is -1.30. The van der Waals surface area contributed by atoms with Gasteiger partial charge in [0.15, 0.2) is 0 Å². The Kier molecular flexibility index (Phi) is 4.86. The van der Waals surface area contributed by atoms with Gasteiger partial charge in [0.05, 0.1) is 20.7 Å². The van der Waals surface area contributed by atoms with Crippen molar-refractivity contribution in [2.75, 3.05) is 5.32 Å². The molecule has 0 aliphatic rings. The Balaban J connectivity index is 2.15. The van der Waals surface area contributed by atoms with E-state index in [0.717, 1.165) is 10.0 Å². The number of non-ortho nitro benzene ring substituents is 1. The predicted octanol–water partition coefficient (Wildman–Crippen LogP) is 5.28. The summed E-state index contributed by atoms with van der Waals surface area (Å²) >= 11 is 15.1. The van der Waals surface area contributed by atoms with Gasteiger partial charge in [0.1, 0.15) is 0 Å². The molecule has 0 unspecified atom stereocenters. The van der Waals surface area contributed by atoms with E-state index in [9.17, 15) is 10.1 Å². The first kappa shape index (κ1) is 15.1. The van der Waals surface area contributed by atoms with Gasteiger partial charge in [-0.05, 0) is 39.7 Å². The van der Waals surface area contributed by atoms with E-state index in [2.05, 4.69) is 21.2 Å². The number of nitrogens with zero attached hydrogens (tertiary/aromatic N) is 1. The number of hydrogen-bond donors (Lipinski definition) is 1. The number of halogens is 3. The van der Waals surface area contributed by atoms with Crippen molar-refractivity contribution >= 4 is 50.5 Å². The molecule has 0 aliphatic heterocycles. The predicted molar refractivity (Wildman–Crippen MR) is 84.6 cm³/mol. The summed E-state index contributed by atoms with van der Waals surface area (Å²) in [6.45, 7) is 0.483. The maximum atomic E-state index is 10.8. The molecule has 0 saturated carbocycles. The first-order chi connectivity index (χ1) is 9.47. The van der Waals surface area contributed by atoms with E-state index in [4.69, 9.17) is 23.2 Å². The van der Waals surface area contributed by atoms with Crippen LogP contribution in [0.4, 0.5) is 11.4 Å². The number of anilines is 1. The van der Waals surface area contributed by atoms with Gasteiger partial charge in [0.25, 0.3) is 5.69 Å². The Bertz CT molecular complexity index is 665. The third-order valence-corrected chi connectivity index (χ3v) is 4.06. The highest BCUT2D eigenvalue weighted by atomic mass is 79.9. The number of hydrogen-bond acceptors (Lipinski definition) is 3. The number of nitro benzene ring substituents is 1. The van der Waals surface area contributed by atoms with E-state index in [1.54, 1.807) is 18.2 Å². The third-order valence-electron chi connectivity index (χ3n) is 2.63.